The van der Waals surface area contributed by atoms with Crippen molar-refractivity contribution in [3.8, 4) is 0 Å². The van der Waals surface area contributed by atoms with Gasteiger partial charge >= 0.3 is 0 Å². The van der Waals surface area contributed by atoms with Crippen LogP contribution in [0.3, 0.4) is 0 Å². The summed E-state index contributed by atoms with van der Waals surface area (Å²) in [4.78, 5) is 4.81. The molecule has 1 heterocycles. The summed E-state index contributed by atoms with van der Waals surface area (Å²) in [7, 11) is 0. The fourth-order valence-corrected chi connectivity index (χ4v) is 4.16. The summed E-state index contributed by atoms with van der Waals surface area (Å²) in [5.74, 6) is 3.57. The quantitative estimate of drug-likeness (QED) is 0.810. The van der Waals surface area contributed by atoms with Gasteiger partial charge in [-0.05, 0) is 43.4 Å². The van der Waals surface area contributed by atoms with Crippen LogP contribution in [-0.2, 0) is 5.41 Å². The number of aromatic amines is 1. The van der Waals surface area contributed by atoms with Crippen LogP contribution in [0, 0.1) is 11.3 Å². The van der Waals surface area contributed by atoms with Gasteiger partial charge in [-0.3, -0.25) is 5.10 Å². The summed E-state index contributed by atoms with van der Waals surface area (Å²) in [5.41, 5.74) is 1.71. The van der Waals surface area contributed by atoms with Crippen LogP contribution >= 0.6 is 0 Å². The lowest BCUT2D eigenvalue weighted by Gasteiger charge is -2.36. The first-order valence-corrected chi connectivity index (χ1v) is 7.17. The predicted molar refractivity (Wildman–Crippen MR) is 70.3 cm³/mol. The third kappa shape index (κ3) is 1.15. The highest BCUT2D eigenvalue weighted by molar-refractivity contribution is 5.39. The van der Waals surface area contributed by atoms with Crippen molar-refractivity contribution in [1.29, 1.82) is 0 Å². The van der Waals surface area contributed by atoms with Crippen LogP contribution < -0.4 is 0 Å². The van der Waals surface area contributed by atoms with Crippen LogP contribution in [0.25, 0.3) is 0 Å². The van der Waals surface area contributed by atoms with E-state index in [-0.39, 0.29) is 10.8 Å². The second-order valence-corrected chi connectivity index (χ2v) is 7.04. The normalized spacial score (nSPS) is 37.4. The molecule has 2 atom stereocenters. The van der Waals surface area contributed by atoms with E-state index >= 15 is 0 Å². The Kier molecular flexibility index (Phi) is 1.83. The van der Waals surface area contributed by atoms with E-state index in [0.29, 0.717) is 5.92 Å². The smallest absolute Gasteiger partial charge is 0.160 e. The molecule has 0 unspecified atom stereocenters. The average molecular weight is 243 g/mol. The minimum atomic E-state index is 0.0812. The van der Waals surface area contributed by atoms with E-state index in [4.69, 9.17) is 4.98 Å². The van der Waals surface area contributed by atoms with Gasteiger partial charge in [-0.1, -0.05) is 26.0 Å². The van der Waals surface area contributed by atoms with E-state index in [1.54, 1.807) is 0 Å². The molecule has 3 aliphatic carbocycles. The molecule has 3 aliphatic rings. The number of rotatable bonds is 2. The van der Waals surface area contributed by atoms with Crippen LogP contribution in [0.2, 0.25) is 0 Å². The molecule has 2 bridgehead atoms. The molecule has 0 radical (unpaired) electrons. The zero-order chi connectivity index (χ0) is 12.5. The lowest BCUT2D eigenvalue weighted by atomic mass is 9.68. The third-order valence-electron chi connectivity index (χ3n) is 5.79. The summed E-state index contributed by atoms with van der Waals surface area (Å²) in [6.07, 6.45) is 6.26. The highest BCUT2D eigenvalue weighted by Crippen LogP contribution is 2.65. The Hall–Kier alpha value is -1.12. The first-order valence-electron chi connectivity index (χ1n) is 7.17. The maximum atomic E-state index is 4.81. The molecule has 3 saturated carbocycles. The van der Waals surface area contributed by atoms with Crippen LogP contribution in [0.5, 0.6) is 0 Å². The Morgan fingerprint density at radius 1 is 1.28 bits per heavy atom. The van der Waals surface area contributed by atoms with Gasteiger partial charge in [0, 0.05) is 5.92 Å². The van der Waals surface area contributed by atoms with Crippen molar-refractivity contribution >= 4 is 0 Å². The Morgan fingerprint density at radius 3 is 2.67 bits per heavy atom. The molecule has 0 spiro atoms. The maximum absolute atomic E-state index is 4.81. The molecule has 0 aliphatic heterocycles. The molecule has 1 aromatic rings. The Morgan fingerprint density at radius 2 is 2.06 bits per heavy atom. The third-order valence-corrected chi connectivity index (χ3v) is 5.79. The van der Waals surface area contributed by atoms with Crippen LogP contribution in [0.4, 0.5) is 0 Å². The Bertz CT molecular complexity index is 524. The fraction of sp³-hybridized carbons (Fsp3) is 0.733. The van der Waals surface area contributed by atoms with Crippen molar-refractivity contribution in [3.63, 3.8) is 0 Å². The first kappa shape index (κ1) is 10.8. The van der Waals surface area contributed by atoms with Gasteiger partial charge in [0.1, 0.15) is 5.82 Å². The summed E-state index contributed by atoms with van der Waals surface area (Å²) in [6, 6.07) is 0. The van der Waals surface area contributed by atoms with Gasteiger partial charge in [0.15, 0.2) is 5.82 Å². The number of hydrogen-bond donors (Lipinski definition) is 1. The number of H-pyrrole nitrogens is 1. The molecule has 1 N–H and O–H groups in total. The summed E-state index contributed by atoms with van der Waals surface area (Å²) < 4.78 is 0. The van der Waals surface area contributed by atoms with E-state index in [1.807, 2.05) is 0 Å². The highest BCUT2D eigenvalue weighted by Gasteiger charge is 2.59. The van der Waals surface area contributed by atoms with Crippen LogP contribution in [0.1, 0.15) is 63.5 Å². The molecule has 96 valence electrons. The van der Waals surface area contributed by atoms with Gasteiger partial charge in [0.2, 0.25) is 0 Å². The lowest BCUT2D eigenvalue weighted by Crippen LogP contribution is -2.31. The van der Waals surface area contributed by atoms with Gasteiger partial charge in [-0.15, -0.1) is 0 Å². The molecule has 0 aromatic carbocycles. The Labute approximate surface area is 108 Å². The number of allylic oxidation sites excluding steroid dienone is 1. The highest BCUT2D eigenvalue weighted by atomic mass is 15.2. The minimum Gasteiger partial charge on any atom is -0.263 e. The van der Waals surface area contributed by atoms with Gasteiger partial charge in [0.25, 0.3) is 0 Å². The number of nitrogens with zero attached hydrogens (tertiary/aromatic N) is 2. The second kappa shape index (κ2) is 3.06. The molecule has 3 nitrogen and oxygen atoms in total. The van der Waals surface area contributed by atoms with Crippen molar-refractivity contribution in [2.45, 2.75) is 57.3 Å². The molecule has 0 saturated heterocycles. The van der Waals surface area contributed by atoms with E-state index in [1.165, 1.54) is 37.7 Å². The molecule has 0 amide bonds. The largest absolute Gasteiger partial charge is 0.263 e. The fourth-order valence-electron chi connectivity index (χ4n) is 4.16. The monoisotopic (exact) mass is 243 g/mol. The summed E-state index contributed by atoms with van der Waals surface area (Å²) in [6.45, 7) is 9.10. The number of hydrogen-bond acceptors (Lipinski definition) is 2. The van der Waals surface area contributed by atoms with Crippen molar-refractivity contribution in [1.82, 2.24) is 15.2 Å². The predicted octanol–water partition coefficient (Wildman–Crippen LogP) is 3.32. The zero-order valence-electron chi connectivity index (χ0n) is 11.3. The summed E-state index contributed by atoms with van der Waals surface area (Å²) >= 11 is 0. The van der Waals surface area contributed by atoms with Gasteiger partial charge in [0.05, 0.1) is 5.41 Å². The van der Waals surface area contributed by atoms with Crippen molar-refractivity contribution in [2.75, 3.05) is 0 Å². The second-order valence-electron chi connectivity index (χ2n) is 7.04. The molecule has 3 heteroatoms. The minimum absolute atomic E-state index is 0.0812. The van der Waals surface area contributed by atoms with Gasteiger partial charge < -0.3 is 0 Å². The average Bonchev–Trinajstić information content (AvgIpc) is 2.86. The van der Waals surface area contributed by atoms with E-state index < -0.39 is 0 Å². The zero-order valence-corrected chi connectivity index (χ0v) is 11.3. The molecular weight excluding hydrogens is 222 g/mol. The number of fused-ring (bicyclic) bond motifs is 2. The van der Waals surface area contributed by atoms with Crippen molar-refractivity contribution < 1.29 is 0 Å². The lowest BCUT2D eigenvalue weighted by molar-refractivity contribution is 0.283. The summed E-state index contributed by atoms with van der Waals surface area (Å²) in [5, 5.41) is 7.72. The molecule has 18 heavy (non-hydrogen) atoms. The molecular formula is C15H21N3. The van der Waals surface area contributed by atoms with E-state index in [9.17, 15) is 0 Å². The molecule has 4 rings (SSSR count). The molecule has 3 fully saturated rings. The number of aromatic nitrogens is 3. The van der Waals surface area contributed by atoms with Crippen LogP contribution in [-0.4, -0.2) is 15.2 Å². The maximum Gasteiger partial charge on any atom is 0.160 e. The van der Waals surface area contributed by atoms with Gasteiger partial charge in [-0.25, -0.2) is 4.98 Å². The topological polar surface area (TPSA) is 41.6 Å². The Balaban J connectivity index is 1.76. The van der Waals surface area contributed by atoms with Gasteiger partial charge in [-0.2, -0.15) is 5.10 Å². The molecule has 1 aromatic heterocycles. The first-order chi connectivity index (χ1) is 8.54. The SMILES string of the molecule is C=C1C(C)(C)[C@H]2CC[C@]1(c1n[nH]c(C3CC3)n1)C2. The van der Waals surface area contributed by atoms with Crippen molar-refractivity contribution in [2.24, 2.45) is 11.3 Å². The number of nitrogens with one attached hydrogen (secondary N) is 1. The standard InChI is InChI=1S/C15H21N3/c1-9-14(2,3)11-6-7-15(9,8-11)13-16-12(17-18-13)10-4-5-10/h10-11H,1,4-8H2,2-3H3,(H,16,17,18)/t11-,15-/m0/s1. The van der Waals surface area contributed by atoms with Crippen molar-refractivity contribution in [3.05, 3.63) is 23.8 Å². The van der Waals surface area contributed by atoms with Crippen LogP contribution in [0.15, 0.2) is 12.2 Å². The van der Waals surface area contributed by atoms with E-state index in [2.05, 4.69) is 30.6 Å². The van der Waals surface area contributed by atoms with E-state index in [0.717, 1.165) is 17.6 Å².